The zero-order chi connectivity index (χ0) is 32.3. The van der Waals surface area contributed by atoms with E-state index in [0.717, 1.165) is 34.9 Å². The number of aromatic nitrogens is 1. The Labute approximate surface area is 268 Å². The van der Waals surface area contributed by atoms with Gasteiger partial charge in [0.1, 0.15) is 29.0 Å². The average molecular weight is 632 g/mol. The van der Waals surface area contributed by atoms with Crippen LogP contribution in [0.3, 0.4) is 0 Å². The van der Waals surface area contributed by atoms with Crippen molar-refractivity contribution in [3.63, 3.8) is 0 Å². The number of fused-ring (bicyclic) bond motifs is 1. The quantitative estimate of drug-likeness (QED) is 0.136. The Morgan fingerprint density at radius 1 is 0.956 bits per heavy atom. The monoisotopic (exact) mass is 631 g/mol. The number of nitrogens with zero attached hydrogens (tertiary/aromatic N) is 1. The Bertz CT molecular complexity index is 1600. The number of amides is 2. The van der Waals surface area contributed by atoms with E-state index in [1.165, 1.54) is 16.3 Å². The lowest BCUT2D eigenvalue weighted by atomic mass is 9.97. The van der Waals surface area contributed by atoms with Crippen molar-refractivity contribution in [1.29, 1.82) is 0 Å². The van der Waals surface area contributed by atoms with Crippen molar-refractivity contribution in [2.24, 2.45) is 0 Å². The number of carboxylic acid groups (broad SMARTS) is 1. The molecule has 3 aromatic carbocycles. The molecule has 238 valence electrons. The highest BCUT2D eigenvalue weighted by Crippen LogP contribution is 2.38. The SMILES string of the molecule is CCCCC(NC(=O)C(CNC(=O)c1cc2ccccc2n1CC(=O)O)SCc1ccccc1)c1c(OC)cc(C)cc1OC. The standard InChI is InChI=1S/C35H41N3O6S/c1-5-6-15-26(33-29(43-3)17-23(2)18-30(33)44-4)37-35(42)31(45-22-24-12-8-7-9-13-24)20-36-34(41)28-19-25-14-10-11-16-27(25)38(28)21-32(39)40/h7-14,16-19,26,31H,5-6,15,20-22H2,1-4H3,(H,36,41)(H,37,42)(H,39,40). The van der Waals surface area contributed by atoms with Gasteiger partial charge in [0.15, 0.2) is 0 Å². The maximum absolute atomic E-state index is 14.0. The van der Waals surface area contributed by atoms with E-state index in [1.54, 1.807) is 32.4 Å². The number of carbonyl (C=O) groups excluding carboxylic acids is 2. The van der Waals surface area contributed by atoms with Gasteiger partial charge in [0.25, 0.3) is 5.91 Å². The third-order valence-electron chi connectivity index (χ3n) is 7.57. The molecule has 10 heteroatoms. The molecule has 45 heavy (non-hydrogen) atoms. The Morgan fingerprint density at radius 3 is 2.27 bits per heavy atom. The normalized spacial score (nSPS) is 12.4. The molecule has 1 aromatic heterocycles. The molecule has 0 aliphatic carbocycles. The second-order valence-electron chi connectivity index (χ2n) is 10.9. The summed E-state index contributed by atoms with van der Waals surface area (Å²) in [6, 6.07) is 22.2. The number of rotatable bonds is 16. The lowest BCUT2D eigenvalue weighted by Gasteiger charge is -2.26. The summed E-state index contributed by atoms with van der Waals surface area (Å²) >= 11 is 1.43. The molecule has 0 aliphatic rings. The van der Waals surface area contributed by atoms with E-state index in [4.69, 9.17) is 9.47 Å². The largest absolute Gasteiger partial charge is 0.496 e. The molecule has 3 N–H and O–H groups in total. The third-order valence-corrected chi connectivity index (χ3v) is 8.85. The number of aryl methyl sites for hydroxylation is 1. The number of ether oxygens (including phenoxy) is 2. The molecule has 9 nitrogen and oxygen atoms in total. The van der Waals surface area contributed by atoms with Crippen LogP contribution in [0.25, 0.3) is 10.9 Å². The summed E-state index contributed by atoms with van der Waals surface area (Å²) in [5.74, 6) is 0.108. The number of methoxy groups -OCH3 is 2. The molecule has 0 saturated carbocycles. The van der Waals surface area contributed by atoms with Crippen LogP contribution in [0.1, 0.15) is 59.4 Å². The van der Waals surface area contributed by atoms with Crippen LogP contribution in [0.5, 0.6) is 11.5 Å². The number of para-hydroxylation sites is 1. The third kappa shape index (κ3) is 8.60. The van der Waals surface area contributed by atoms with Gasteiger partial charge in [-0.05, 0) is 48.7 Å². The van der Waals surface area contributed by atoms with Crippen molar-refractivity contribution in [2.75, 3.05) is 20.8 Å². The second-order valence-corrected chi connectivity index (χ2v) is 12.0. The topological polar surface area (TPSA) is 119 Å². The fraction of sp³-hybridized carbons (Fsp3) is 0.343. The van der Waals surface area contributed by atoms with Crippen LogP contribution >= 0.6 is 11.8 Å². The molecule has 0 fully saturated rings. The molecule has 0 saturated heterocycles. The first-order valence-electron chi connectivity index (χ1n) is 15.0. The van der Waals surface area contributed by atoms with Gasteiger partial charge < -0.3 is 29.8 Å². The van der Waals surface area contributed by atoms with Gasteiger partial charge in [-0.1, -0.05) is 68.3 Å². The molecule has 0 spiro atoms. The summed E-state index contributed by atoms with van der Waals surface area (Å²) < 4.78 is 12.9. The first-order chi connectivity index (χ1) is 21.7. The number of benzene rings is 3. The minimum absolute atomic E-state index is 0.0411. The lowest BCUT2D eigenvalue weighted by molar-refractivity contribution is -0.137. The highest BCUT2D eigenvalue weighted by molar-refractivity contribution is 7.99. The summed E-state index contributed by atoms with van der Waals surface area (Å²) in [6.07, 6.45) is 2.49. The van der Waals surface area contributed by atoms with Crippen molar-refractivity contribution >= 4 is 40.4 Å². The minimum atomic E-state index is -1.05. The molecule has 2 amide bonds. The van der Waals surface area contributed by atoms with Gasteiger partial charge in [-0.2, -0.15) is 0 Å². The maximum atomic E-state index is 14.0. The van der Waals surface area contributed by atoms with Gasteiger partial charge in [-0.3, -0.25) is 14.4 Å². The number of hydrogen-bond acceptors (Lipinski definition) is 6. The summed E-state index contributed by atoms with van der Waals surface area (Å²) in [4.78, 5) is 39.2. The summed E-state index contributed by atoms with van der Waals surface area (Å²) in [5.41, 5.74) is 3.68. The second kappa shape index (κ2) is 16.0. The summed E-state index contributed by atoms with van der Waals surface area (Å²) in [7, 11) is 3.21. The van der Waals surface area contributed by atoms with Crippen LogP contribution in [0.4, 0.5) is 0 Å². The van der Waals surface area contributed by atoms with Gasteiger partial charge in [0.2, 0.25) is 5.91 Å². The average Bonchev–Trinajstić information content (AvgIpc) is 3.40. The number of hydrogen-bond donors (Lipinski definition) is 3. The molecule has 0 bridgehead atoms. The lowest BCUT2D eigenvalue weighted by Crippen LogP contribution is -2.43. The molecular formula is C35H41N3O6S. The Morgan fingerprint density at radius 2 is 1.62 bits per heavy atom. The van der Waals surface area contributed by atoms with Gasteiger partial charge >= 0.3 is 5.97 Å². The number of thioether (sulfide) groups is 1. The molecule has 4 aromatic rings. The number of aliphatic carboxylic acids is 1. The van der Waals surface area contributed by atoms with Crippen LogP contribution < -0.4 is 20.1 Å². The Hall–Kier alpha value is -4.44. The van der Waals surface area contributed by atoms with Crippen LogP contribution in [0.15, 0.2) is 72.8 Å². The number of carboxylic acids is 1. The van der Waals surface area contributed by atoms with Crippen LogP contribution in [-0.4, -0.2) is 53.5 Å². The number of carbonyl (C=O) groups is 3. The first kappa shape index (κ1) is 33.5. The number of nitrogens with one attached hydrogen (secondary N) is 2. The highest BCUT2D eigenvalue weighted by atomic mass is 32.2. The van der Waals surface area contributed by atoms with Crippen molar-refractivity contribution < 1.29 is 29.0 Å². The van der Waals surface area contributed by atoms with Crippen molar-refractivity contribution in [3.05, 3.63) is 95.2 Å². The predicted octanol–water partition coefficient (Wildman–Crippen LogP) is 6.13. The zero-order valence-corrected chi connectivity index (χ0v) is 27.0. The van der Waals surface area contributed by atoms with Crippen molar-refractivity contribution in [2.45, 2.75) is 56.7 Å². The molecule has 0 aliphatic heterocycles. The summed E-state index contributed by atoms with van der Waals surface area (Å²) in [6.45, 7) is 3.74. The first-order valence-corrected chi connectivity index (χ1v) is 16.1. The van der Waals surface area contributed by atoms with Crippen LogP contribution in [0.2, 0.25) is 0 Å². The molecular weight excluding hydrogens is 590 g/mol. The molecule has 2 atom stereocenters. The maximum Gasteiger partial charge on any atom is 0.323 e. The van der Waals surface area contributed by atoms with Crippen molar-refractivity contribution in [1.82, 2.24) is 15.2 Å². The van der Waals surface area contributed by atoms with Crippen LogP contribution in [0, 0.1) is 6.92 Å². The summed E-state index contributed by atoms with van der Waals surface area (Å²) in [5, 5.41) is 15.8. The van der Waals surface area contributed by atoms with E-state index in [-0.39, 0.29) is 30.7 Å². The number of unbranched alkanes of at least 4 members (excludes halogenated alkanes) is 1. The van der Waals surface area contributed by atoms with E-state index in [2.05, 4.69) is 17.6 Å². The smallest absolute Gasteiger partial charge is 0.323 e. The molecule has 4 rings (SSSR count). The van der Waals surface area contributed by atoms with Gasteiger partial charge in [0, 0.05) is 23.2 Å². The van der Waals surface area contributed by atoms with Gasteiger partial charge in [-0.25, -0.2) is 0 Å². The zero-order valence-electron chi connectivity index (χ0n) is 26.2. The molecule has 2 unspecified atom stereocenters. The van der Waals surface area contributed by atoms with E-state index in [0.29, 0.717) is 29.2 Å². The van der Waals surface area contributed by atoms with E-state index >= 15 is 0 Å². The predicted molar refractivity (Wildman–Crippen MR) is 178 cm³/mol. The van der Waals surface area contributed by atoms with E-state index in [1.807, 2.05) is 61.5 Å². The molecule has 0 radical (unpaired) electrons. The van der Waals surface area contributed by atoms with Gasteiger partial charge in [-0.15, -0.1) is 11.8 Å². The van der Waals surface area contributed by atoms with Crippen molar-refractivity contribution in [3.8, 4) is 11.5 Å². The molecule has 1 heterocycles. The highest BCUT2D eigenvalue weighted by Gasteiger charge is 2.28. The fourth-order valence-electron chi connectivity index (χ4n) is 5.35. The van der Waals surface area contributed by atoms with E-state index in [9.17, 15) is 19.5 Å². The van der Waals surface area contributed by atoms with E-state index < -0.39 is 17.1 Å². The minimum Gasteiger partial charge on any atom is -0.496 e. The van der Waals surface area contributed by atoms with Gasteiger partial charge in [0.05, 0.1) is 25.8 Å². The fourth-order valence-corrected chi connectivity index (χ4v) is 6.36. The Kier molecular flexibility index (Phi) is 11.9. The van der Waals surface area contributed by atoms with Crippen LogP contribution in [-0.2, 0) is 21.9 Å². The Balaban J connectivity index is 1.61.